The van der Waals surface area contributed by atoms with Crippen LogP contribution in [0.1, 0.15) is 40.1 Å². The maximum absolute atomic E-state index is 13.1. The lowest BCUT2D eigenvalue weighted by atomic mass is 10.1. The Bertz CT molecular complexity index is 1040. The van der Waals surface area contributed by atoms with E-state index in [1.165, 1.54) is 30.7 Å². The number of nitrogens with one attached hydrogen (secondary N) is 1. The Balaban J connectivity index is 1.82. The largest absolute Gasteiger partial charge is 0.417 e. The first-order valence-electron chi connectivity index (χ1n) is 8.04. The van der Waals surface area contributed by atoms with Gasteiger partial charge in [0.2, 0.25) is 0 Å². The number of halogens is 3. The smallest absolute Gasteiger partial charge is 0.344 e. The average molecular weight is 386 g/mol. The molecule has 3 rings (SSSR count). The van der Waals surface area contributed by atoms with Gasteiger partial charge >= 0.3 is 6.18 Å². The first-order valence-corrected chi connectivity index (χ1v) is 8.04. The molecule has 0 aliphatic carbocycles. The van der Waals surface area contributed by atoms with Crippen molar-refractivity contribution in [2.45, 2.75) is 19.1 Å². The number of hydrogen-bond acceptors (Lipinski definition) is 5. The number of carbonyl (C=O) groups is 1. The van der Waals surface area contributed by atoms with Crippen LogP contribution in [0, 0.1) is 11.3 Å². The molecule has 2 heterocycles. The van der Waals surface area contributed by atoms with Gasteiger partial charge in [-0.3, -0.25) is 9.78 Å². The highest BCUT2D eigenvalue weighted by Gasteiger charge is 2.34. The van der Waals surface area contributed by atoms with Gasteiger partial charge in [0.15, 0.2) is 0 Å². The van der Waals surface area contributed by atoms with Crippen molar-refractivity contribution >= 4 is 5.91 Å². The van der Waals surface area contributed by atoms with Crippen LogP contribution in [-0.2, 0) is 6.18 Å². The molecule has 1 N–H and O–H groups in total. The van der Waals surface area contributed by atoms with Crippen LogP contribution in [0.4, 0.5) is 13.2 Å². The number of benzene rings is 1. The topological polar surface area (TPSA) is 96.5 Å². The number of aromatic nitrogens is 4. The molecule has 0 saturated heterocycles. The normalized spacial score (nSPS) is 12.2. The van der Waals surface area contributed by atoms with Crippen molar-refractivity contribution in [1.29, 1.82) is 5.26 Å². The van der Waals surface area contributed by atoms with Gasteiger partial charge in [0, 0.05) is 18.0 Å². The van der Waals surface area contributed by atoms with Crippen molar-refractivity contribution < 1.29 is 18.0 Å². The van der Waals surface area contributed by atoms with E-state index in [1.54, 1.807) is 19.1 Å². The Kier molecular flexibility index (Phi) is 5.08. The van der Waals surface area contributed by atoms with Crippen LogP contribution < -0.4 is 5.32 Å². The Morgan fingerprint density at radius 1 is 1.25 bits per heavy atom. The second kappa shape index (κ2) is 7.48. The summed E-state index contributed by atoms with van der Waals surface area (Å²) in [6, 6.07) is 7.34. The van der Waals surface area contributed by atoms with Crippen LogP contribution in [0.15, 0.2) is 48.9 Å². The van der Waals surface area contributed by atoms with Crippen molar-refractivity contribution in [3.05, 3.63) is 71.3 Å². The Hall–Kier alpha value is -3.74. The van der Waals surface area contributed by atoms with Crippen LogP contribution in [0.2, 0.25) is 0 Å². The highest BCUT2D eigenvalue weighted by atomic mass is 19.4. The van der Waals surface area contributed by atoms with Crippen molar-refractivity contribution in [3.63, 3.8) is 0 Å². The molecule has 7 nitrogen and oxygen atoms in total. The van der Waals surface area contributed by atoms with Gasteiger partial charge in [0.25, 0.3) is 5.91 Å². The third kappa shape index (κ3) is 3.98. The summed E-state index contributed by atoms with van der Waals surface area (Å²) < 4.78 is 40.5. The molecule has 10 heteroatoms. The minimum absolute atomic E-state index is 0.0951. The Morgan fingerprint density at radius 2 is 1.96 bits per heavy atom. The maximum Gasteiger partial charge on any atom is 0.417 e. The molecule has 3 aromatic rings. The first-order chi connectivity index (χ1) is 13.3. The lowest BCUT2D eigenvalue weighted by Gasteiger charge is -2.11. The maximum atomic E-state index is 13.1. The van der Waals surface area contributed by atoms with Crippen molar-refractivity contribution in [2.75, 3.05) is 0 Å². The van der Waals surface area contributed by atoms with E-state index in [4.69, 9.17) is 5.26 Å². The third-order valence-electron chi connectivity index (χ3n) is 3.94. The van der Waals surface area contributed by atoms with E-state index in [9.17, 15) is 18.0 Å². The lowest BCUT2D eigenvalue weighted by Crippen LogP contribution is -2.26. The zero-order valence-corrected chi connectivity index (χ0v) is 14.5. The average Bonchev–Trinajstić information content (AvgIpc) is 3.18. The predicted molar refractivity (Wildman–Crippen MR) is 91.2 cm³/mol. The summed E-state index contributed by atoms with van der Waals surface area (Å²) >= 11 is 0. The fourth-order valence-corrected chi connectivity index (χ4v) is 2.47. The van der Waals surface area contributed by atoms with Crippen molar-refractivity contribution in [1.82, 2.24) is 25.3 Å². The summed E-state index contributed by atoms with van der Waals surface area (Å²) in [5.41, 5.74) is -0.660. The molecular weight excluding hydrogens is 373 g/mol. The summed E-state index contributed by atoms with van der Waals surface area (Å²) in [5, 5.41) is 19.3. The van der Waals surface area contributed by atoms with Gasteiger partial charge in [0.1, 0.15) is 5.69 Å². The molecule has 1 aromatic carbocycles. The summed E-state index contributed by atoms with van der Waals surface area (Å²) in [6.45, 7) is 1.67. The van der Waals surface area contributed by atoms with Gasteiger partial charge in [0.05, 0.1) is 35.1 Å². The van der Waals surface area contributed by atoms with Gasteiger partial charge in [-0.1, -0.05) is 5.21 Å². The molecule has 0 aliphatic rings. The van der Waals surface area contributed by atoms with E-state index in [1.807, 2.05) is 0 Å². The van der Waals surface area contributed by atoms with E-state index in [0.29, 0.717) is 11.3 Å². The van der Waals surface area contributed by atoms with E-state index < -0.39 is 23.3 Å². The standard InChI is InChI=1S/C18H13F3N6O/c1-11(24-17(28)12-4-6-23-7-5-12)16-10-27(26-25-16)14-3-2-13(9-22)15(8-14)18(19,20)21/h2-8,10-11H,1H3,(H,24,28). The fraction of sp³-hybridized carbons (Fsp3) is 0.167. The highest BCUT2D eigenvalue weighted by Crippen LogP contribution is 2.33. The Labute approximate surface area is 157 Å². The van der Waals surface area contributed by atoms with Crippen molar-refractivity contribution in [2.24, 2.45) is 0 Å². The number of nitrogens with zero attached hydrogens (tertiary/aromatic N) is 5. The minimum Gasteiger partial charge on any atom is -0.344 e. The van der Waals surface area contributed by atoms with E-state index in [2.05, 4.69) is 20.6 Å². The number of nitriles is 1. The predicted octanol–water partition coefficient (Wildman–Crippen LogP) is 3.04. The van der Waals surface area contributed by atoms with Crippen LogP contribution >= 0.6 is 0 Å². The molecule has 142 valence electrons. The lowest BCUT2D eigenvalue weighted by molar-refractivity contribution is -0.137. The zero-order chi connectivity index (χ0) is 20.3. The zero-order valence-electron chi connectivity index (χ0n) is 14.5. The SMILES string of the molecule is CC(NC(=O)c1ccncc1)c1cn(-c2ccc(C#N)c(C(F)(F)F)c2)nn1. The number of rotatable bonds is 4. The van der Waals surface area contributed by atoms with Crippen LogP contribution in [0.25, 0.3) is 5.69 Å². The second-order valence-electron chi connectivity index (χ2n) is 5.86. The second-order valence-corrected chi connectivity index (χ2v) is 5.86. The van der Waals surface area contributed by atoms with E-state index >= 15 is 0 Å². The highest BCUT2D eigenvalue weighted by molar-refractivity contribution is 5.94. The minimum atomic E-state index is -4.67. The molecule has 0 fully saturated rings. The molecule has 0 radical (unpaired) electrons. The van der Waals surface area contributed by atoms with Crippen molar-refractivity contribution in [3.8, 4) is 11.8 Å². The van der Waals surface area contributed by atoms with E-state index in [0.717, 1.165) is 16.8 Å². The molecule has 1 unspecified atom stereocenters. The quantitative estimate of drug-likeness (QED) is 0.743. The fourth-order valence-electron chi connectivity index (χ4n) is 2.47. The molecule has 0 aliphatic heterocycles. The molecule has 2 aromatic heterocycles. The van der Waals surface area contributed by atoms with Crippen LogP contribution in [0.5, 0.6) is 0 Å². The molecule has 1 atom stereocenters. The van der Waals surface area contributed by atoms with Crippen LogP contribution in [-0.4, -0.2) is 25.9 Å². The first kappa shape index (κ1) is 19.0. The van der Waals surface area contributed by atoms with Crippen LogP contribution in [0.3, 0.4) is 0 Å². The molecule has 0 spiro atoms. The number of hydrogen-bond donors (Lipinski definition) is 1. The molecule has 0 saturated carbocycles. The number of amides is 1. The molecule has 0 bridgehead atoms. The van der Waals surface area contributed by atoms with Gasteiger partial charge in [-0.05, 0) is 37.3 Å². The van der Waals surface area contributed by atoms with Gasteiger partial charge in [-0.15, -0.1) is 5.10 Å². The summed E-state index contributed by atoms with van der Waals surface area (Å²) in [7, 11) is 0. The summed E-state index contributed by atoms with van der Waals surface area (Å²) in [6.07, 6.45) is -0.284. The number of carbonyl (C=O) groups excluding carboxylic acids is 1. The van der Waals surface area contributed by atoms with Gasteiger partial charge in [-0.25, -0.2) is 4.68 Å². The molecular formula is C18H13F3N6O. The van der Waals surface area contributed by atoms with Gasteiger partial charge < -0.3 is 5.32 Å². The third-order valence-corrected chi connectivity index (χ3v) is 3.94. The number of pyridine rings is 1. The molecule has 1 amide bonds. The molecule has 28 heavy (non-hydrogen) atoms. The monoisotopic (exact) mass is 386 g/mol. The Morgan fingerprint density at radius 3 is 2.61 bits per heavy atom. The summed E-state index contributed by atoms with van der Waals surface area (Å²) in [4.78, 5) is 16.0. The van der Waals surface area contributed by atoms with Gasteiger partial charge in [-0.2, -0.15) is 18.4 Å². The summed E-state index contributed by atoms with van der Waals surface area (Å²) in [5.74, 6) is -0.345. The van der Waals surface area contributed by atoms with E-state index in [-0.39, 0.29) is 11.6 Å². The number of alkyl halides is 3.